The molecule has 0 amide bonds. The van der Waals surface area contributed by atoms with Crippen molar-refractivity contribution in [3.8, 4) is 44.5 Å². The van der Waals surface area contributed by atoms with Gasteiger partial charge in [-0.3, -0.25) is 9.59 Å². The number of carbonyl (C=O) groups is 2. The molecule has 0 spiro atoms. The monoisotopic (exact) mass is 514 g/mol. The summed E-state index contributed by atoms with van der Waals surface area (Å²) < 4.78 is 0. The molecule has 6 rings (SSSR count). The van der Waals surface area contributed by atoms with Crippen molar-refractivity contribution in [1.82, 2.24) is 0 Å². The Hall–Kier alpha value is -5.34. The number of benzene rings is 6. The highest BCUT2D eigenvalue weighted by atomic mass is 16.2. The van der Waals surface area contributed by atoms with Crippen LogP contribution in [-0.4, -0.2) is 11.6 Å². The predicted molar refractivity (Wildman–Crippen MR) is 163 cm³/mol. The van der Waals surface area contributed by atoms with Gasteiger partial charge in [-0.25, -0.2) is 0 Å². The van der Waals surface area contributed by atoms with Gasteiger partial charge in [0.1, 0.15) is 0 Å². The van der Waals surface area contributed by atoms with Crippen LogP contribution in [-0.2, 0) is 0 Å². The Morgan fingerprint density at radius 3 is 1.27 bits per heavy atom. The minimum atomic E-state index is -0.525. The fourth-order valence-electron chi connectivity index (χ4n) is 5.16. The van der Waals surface area contributed by atoms with Crippen LogP contribution in [0.2, 0.25) is 0 Å². The molecule has 0 fully saturated rings. The average molecular weight is 515 g/mol. The van der Waals surface area contributed by atoms with E-state index in [9.17, 15) is 9.59 Å². The fourth-order valence-corrected chi connectivity index (χ4v) is 5.16. The largest absolute Gasteiger partial charge is 0.285 e. The Morgan fingerprint density at radius 2 is 0.750 bits per heavy atom. The molecule has 0 saturated carbocycles. The van der Waals surface area contributed by atoms with Crippen molar-refractivity contribution in [3.05, 3.63) is 169 Å². The highest BCUT2D eigenvalue weighted by Crippen LogP contribution is 2.42. The molecule has 0 unspecified atom stereocenters. The van der Waals surface area contributed by atoms with Crippen LogP contribution in [0.25, 0.3) is 44.5 Å². The Bertz CT molecular complexity index is 1770. The van der Waals surface area contributed by atoms with Crippen LogP contribution >= 0.6 is 0 Å². The Labute approximate surface area is 234 Å². The summed E-state index contributed by atoms with van der Waals surface area (Å²) in [5.41, 5.74) is 8.41. The van der Waals surface area contributed by atoms with E-state index < -0.39 is 11.6 Å². The smallest absolute Gasteiger partial charge is 0.234 e. The summed E-state index contributed by atoms with van der Waals surface area (Å²) in [4.78, 5) is 27.6. The van der Waals surface area contributed by atoms with Crippen LogP contribution in [0.3, 0.4) is 0 Å². The fraction of sp³-hybridized carbons (Fsp3) is 0. The molecule has 0 saturated heterocycles. The zero-order valence-electron chi connectivity index (χ0n) is 21.8. The van der Waals surface area contributed by atoms with Gasteiger partial charge < -0.3 is 0 Å². The molecule has 0 aliphatic rings. The molecule has 0 aliphatic heterocycles. The summed E-state index contributed by atoms with van der Waals surface area (Å²) in [5, 5.41) is 0. The molecule has 0 atom stereocenters. The molecule has 6 aromatic rings. The van der Waals surface area contributed by atoms with Crippen LogP contribution in [0.15, 0.2) is 158 Å². The molecule has 0 heterocycles. The first-order chi connectivity index (χ1) is 19.7. The van der Waals surface area contributed by atoms with E-state index in [2.05, 4.69) is 12.1 Å². The van der Waals surface area contributed by atoms with Gasteiger partial charge in [-0.15, -0.1) is 0 Å². The summed E-state index contributed by atoms with van der Waals surface area (Å²) in [6.45, 7) is 0. The third-order valence-corrected chi connectivity index (χ3v) is 7.12. The molecule has 40 heavy (non-hydrogen) atoms. The SMILES string of the molecule is O=C(C(=O)c1ccc(-c2ccccc2)c(-c2ccccc2)c1-c1ccccc1)c1ccc(-c2ccccc2)cc1. The van der Waals surface area contributed by atoms with E-state index in [1.807, 2.05) is 127 Å². The zero-order valence-corrected chi connectivity index (χ0v) is 21.8. The number of carbonyl (C=O) groups excluding carboxylic acids is 2. The summed E-state index contributed by atoms with van der Waals surface area (Å²) in [5.74, 6) is -1.05. The summed E-state index contributed by atoms with van der Waals surface area (Å²) in [6, 6.07) is 51.0. The van der Waals surface area contributed by atoms with Crippen LogP contribution in [0.4, 0.5) is 0 Å². The van der Waals surface area contributed by atoms with Crippen molar-refractivity contribution in [2.75, 3.05) is 0 Å². The van der Waals surface area contributed by atoms with Crippen molar-refractivity contribution in [3.63, 3.8) is 0 Å². The Morgan fingerprint density at radius 1 is 0.325 bits per heavy atom. The second kappa shape index (κ2) is 11.2. The second-order valence-electron chi connectivity index (χ2n) is 9.61. The van der Waals surface area contributed by atoms with E-state index in [0.29, 0.717) is 11.1 Å². The topological polar surface area (TPSA) is 34.1 Å². The van der Waals surface area contributed by atoms with E-state index in [-0.39, 0.29) is 0 Å². The van der Waals surface area contributed by atoms with Gasteiger partial charge in [0.15, 0.2) is 0 Å². The van der Waals surface area contributed by atoms with Crippen molar-refractivity contribution in [1.29, 1.82) is 0 Å². The quantitative estimate of drug-likeness (QED) is 0.157. The molecule has 6 aromatic carbocycles. The molecule has 2 heteroatoms. The highest BCUT2D eigenvalue weighted by molar-refractivity contribution is 6.50. The Balaban J connectivity index is 1.51. The first-order valence-electron chi connectivity index (χ1n) is 13.3. The molecule has 0 bridgehead atoms. The third kappa shape index (κ3) is 4.91. The summed E-state index contributed by atoms with van der Waals surface area (Å²) >= 11 is 0. The van der Waals surface area contributed by atoms with E-state index >= 15 is 0 Å². The third-order valence-electron chi connectivity index (χ3n) is 7.12. The van der Waals surface area contributed by atoms with Gasteiger partial charge in [0.2, 0.25) is 11.6 Å². The van der Waals surface area contributed by atoms with Crippen molar-refractivity contribution in [2.45, 2.75) is 0 Å². The van der Waals surface area contributed by atoms with Crippen LogP contribution in [0.5, 0.6) is 0 Å². The maximum absolute atomic E-state index is 14.0. The van der Waals surface area contributed by atoms with E-state index in [1.54, 1.807) is 18.2 Å². The summed E-state index contributed by atoms with van der Waals surface area (Å²) in [6.07, 6.45) is 0. The van der Waals surface area contributed by atoms with Crippen molar-refractivity contribution in [2.24, 2.45) is 0 Å². The van der Waals surface area contributed by atoms with Gasteiger partial charge in [0, 0.05) is 16.7 Å². The number of rotatable bonds is 7. The summed E-state index contributed by atoms with van der Waals surface area (Å²) in [7, 11) is 0. The molecule has 190 valence electrons. The molecule has 2 nitrogen and oxygen atoms in total. The lowest BCUT2D eigenvalue weighted by Gasteiger charge is -2.19. The first kappa shape index (κ1) is 25.0. The lowest BCUT2D eigenvalue weighted by atomic mass is 9.83. The number of hydrogen-bond donors (Lipinski definition) is 0. The van der Waals surface area contributed by atoms with E-state index in [4.69, 9.17) is 0 Å². The predicted octanol–water partition coefficient (Wildman–Crippen LogP) is 9.42. The standard InChI is InChI=1S/C38H26O2/c39-37(32-23-21-28(22-24-32)27-13-5-1-6-14-27)38(40)34-26-25-33(29-15-7-2-8-16-29)35(30-17-9-3-10-18-30)36(34)31-19-11-4-12-20-31/h1-26H. The number of hydrogen-bond acceptors (Lipinski definition) is 2. The van der Waals surface area contributed by atoms with Gasteiger partial charge in [0.25, 0.3) is 0 Å². The van der Waals surface area contributed by atoms with Crippen molar-refractivity contribution >= 4 is 11.6 Å². The van der Waals surface area contributed by atoms with Gasteiger partial charge in [0.05, 0.1) is 0 Å². The van der Waals surface area contributed by atoms with Gasteiger partial charge in [-0.05, 0) is 45.0 Å². The molecule has 0 aromatic heterocycles. The lowest BCUT2D eigenvalue weighted by molar-refractivity contribution is 0.0817. The molecular formula is C38H26O2. The maximum Gasteiger partial charge on any atom is 0.234 e. The van der Waals surface area contributed by atoms with Crippen LogP contribution < -0.4 is 0 Å². The molecule has 0 N–H and O–H groups in total. The normalized spacial score (nSPS) is 10.7. The number of ketones is 2. The lowest BCUT2D eigenvalue weighted by Crippen LogP contribution is -2.16. The number of Topliss-reactive ketones (excluding diaryl/α,β-unsaturated/α-hetero) is 2. The van der Waals surface area contributed by atoms with Gasteiger partial charge >= 0.3 is 0 Å². The average Bonchev–Trinajstić information content (AvgIpc) is 3.05. The van der Waals surface area contributed by atoms with Crippen molar-refractivity contribution < 1.29 is 9.59 Å². The second-order valence-corrected chi connectivity index (χ2v) is 9.61. The van der Waals surface area contributed by atoms with Crippen LogP contribution in [0, 0.1) is 0 Å². The van der Waals surface area contributed by atoms with E-state index in [0.717, 1.165) is 44.5 Å². The van der Waals surface area contributed by atoms with Gasteiger partial charge in [-0.1, -0.05) is 152 Å². The zero-order chi connectivity index (χ0) is 27.3. The Kier molecular flexibility index (Phi) is 6.98. The van der Waals surface area contributed by atoms with Crippen LogP contribution in [0.1, 0.15) is 20.7 Å². The minimum absolute atomic E-state index is 0.372. The van der Waals surface area contributed by atoms with E-state index in [1.165, 1.54) is 0 Å². The highest BCUT2D eigenvalue weighted by Gasteiger charge is 2.26. The minimum Gasteiger partial charge on any atom is -0.285 e. The molecule has 0 radical (unpaired) electrons. The van der Waals surface area contributed by atoms with Gasteiger partial charge in [-0.2, -0.15) is 0 Å². The molecular weight excluding hydrogens is 488 g/mol. The first-order valence-corrected chi connectivity index (χ1v) is 13.3. The molecule has 0 aliphatic carbocycles. The maximum atomic E-state index is 14.0.